The molecule has 4 rings (SSSR count). The van der Waals surface area contributed by atoms with Crippen LogP contribution in [0.25, 0.3) is 0 Å². The van der Waals surface area contributed by atoms with Gasteiger partial charge in [0, 0.05) is 38.8 Å². The predicted molar refractivity (Wildman–Crippen MR) is 120 cm³/mol. The molecule has 1 unspecified atom stereocenters. The average molecular weight is 393 g/mol. The molecular weight excluding hydrogens is 356 g/mol. The normalized spacial score (nSPS) is 28.4. The van der Waals surface area contributed by atoms with Gasteiger partial charge in [0.25, 0.3) is 0 Å². The first-order valence-corrected chi connectivity index (χ1v) is 11.2. The zero-order chi connectivity index (χ0) is 20.6. The molecule has 3 heteroatoms. The second-order valence-electron chi connectivity index (χ2n) is 9.85. The van der Waals surface area contributed by atoms with Crippen molar-refractivity contribution in [1.82, 2.24) is 9.80 Å². The Balaban J connectivity index is 1.46. The summed E-state index contributed by atoms with van der Waals surface area (Å²) in [5.41, 5.74) is 4.23. The van der Waals surface area contributed by atoms with Crippen molar-refractivity contribution in [3.63, 3.8) is 0 Å². The number of rotatable bonds is 4. The largest absolute Gasteiger partial charge is 0.508 e. The van der Waals surface area contributed by atoms with E-state index in [1.165, 1.54) is 16.7 Å². The lowest BCUT2D eigenvalue weighted by atomic mass is 9.65. The molecule has 0 aliphatic carbocycles. The number of benzene rings is 2. The molecule has 3 nitrogen and oxygen atoms in total. The smallest absolute Gasteiger partial charge is 0.115 e. The van der Waals surface area contributed by atoms with Gasteiger partial charge in [0.2, 0.25) is 0 Å². The summed E-state index contributed by atoms with van der Waals surface area (Å²) in [5, 5.41) is 10.0. The Morgan fingerprint density at radius 1 is 1.07 bits per heavy atom. The van der Waals surface area contributed by atoms with Crippen molar-refractivity contribution in [2.24, 2.45) is 5.92 Å². The van der Waals surface area contributed by atoms with E-state index in [9.17, 15) is 5.11 Å². The topological polar surface area (TPSA) is 26.7 Å². The number of piperazine rings is 1. The standard InChI is InChI=1S/C26H36N2O/c1-19(2)22-10-8-21(9-11-22)17-27-12-13-28-16-20(3)26(4,15-24(28)18-27)23-6-5-7-25(29)14-23/h5-11,14,19-20,24,29H,12-13,15-18H2,1-4H3/t20-,24+,26?/m0/s1. The van der Waals surface area contributed by atoms with Gasteiger partial charge in [-0.1, -0.05) is 64.1 Å². The van der Waals surface area contributed by atoms with Crippen LogP contribution in [0.5, 0.6) is 5.75 Å². The summed E-state index contributed by atoms with van der Waals surface area (Å²) in [6.07, 6.45) is 1.15. The molecule has 29 heavy (non-hydrogen) atoms. The first-order valence-electron chi connectivity index (χ1n) is 11.2. The number of phenols is 1. The fourth-order valence-electron chi connectivity index (χ4n) is 5.31. The van der Waals surface area contributed by atoms with Gasteiger partial charge in [-0.05, 0) is 52.5 Å². The van der Waals surface area contributed by atoms with Gasteiger partial charge in [0.1, 0.15) is 5.75 Å². The second-order valence-corrected chi connectivity index (χ2v) is 9.85. The van der Waals surface area contributed by atoms with E-state index in [2.05, 4.69) is 67.8 Å². The molecule has 0 spiro atoms. The molecule has 0 aromatic heterocycles. The van der Waals surface area contributed by atoms with Crippen molar-refractivity contribution in [2.45, 2.75) is 58.0 Å². The minimum Gasteiger partial charge on any atom is -0.508 e. The van der Waals surface area contributed by atoms with E-state index in [-0.39, 0.29) is 5.41 Å². The van der Waals surface area contributed by atoms with E-state index in [1.807, 2.05) is 12.1 Å². The molecule has 2 heterocycles. The molecule has 2 aromatic rings. The van der Waals surface area contributed by atoms with Crippen LogP contribution in [-0.4, -0.2) is 47.1 Å². The Hall–Kier alpha value is -1.84. The van der Waals surface area contributed by atoms with Crippen LogP contribution in [0.1, 0.15) is 56.7 Å². The number of aromatic hydroxyl groups is 1. The molecule has 0 amide bonds. The van der Waals surface area contributed by atoms with E-state index in [0.717, 1.165) is 39.1 Å². The highest BCUT2D eigenvalue weighted by Gasteiger charge is 2.44. The minimum absolute atomic E-state index is 0.113. The number of hydrogen-bond acceptors (Lipinski definition) is 3. The van der Waals surface area contributed by atoms with Crippen LogP contribution in [0.2, 0.25) is 0 Å². The van der Waals surface area contributed by atoms with Gasteiger partial charge < -0.3 is 5.11 Å². The maximum atomic E-state index is 10.0. The van der Waals surface area contributed by atoms with Gasteiger partial charge in [-0.25, -0.2) is 0 Å². The zero-order valence-electron chi connectivity index (χ0n) is 18.4. The highest BCUT2D eigenvalue weighted by atomic mass is 16.3. The molecule has 0 radical (unpaired) electrons. The molecule has 0 saturated carbocycles. The Labute approximate surface area is 176 Å². The number of hydrogen-bond donors (Lipinski definition) is 1. The highest BCUT2D eigenvalue weighted by molar-refractivity contribution is 5.34. The first kappa shape index (κ1) is 20.4. The van der Waals surface area contributed by atoms with Crippen LogP contribution in [0.3, 0.4) is 0 Å². The van der Waals surface area contributed by atoms with Crippen molar-refractivity contribution < 1.29 is 5.11 Å². The summed E-state index contributed by atoms with van der Waals surface area (Å²) >= 11 is 0. The molecule has 2 fully saturated rings. The molecule has 2 aromatic carbocycles. The number of nitrogens with zero attached hydrogens (tertiary/aromatic N) is 2. The molecular formula is C26H36N2O. The Morgan fingerprint density at radius 3 is 2.52 bits per heavy atom. The van der Waals surface area contributed by atoms with Crippen LogP contribution in [0.4, 0.5) is 0 Å². The summed E-state index contributed by atoms with van der Waals surface area (Å²) in [6, 6.07) is 17.7. The summed E-state index contributed by atoms with van der Waals surface area (Å²) in [5.74, 6) is 1.55. The van der Waals surface area contributed by atoms with Gasteiger partial charge in [-0.2, -0.15) is 0 Å². The van der Waals surface area contributed by atoms with E-state index < -0.39 is 0 Å². The average Bonchev–Trinajstić information content (AvgIpc) is 2.69. The lowest BCUT2D eigenvalue weighted by Gasteiger charge is -2.53. The molecule has 2 aliphatic rings. The molecule has 2 aliphatic heterocycles. The molecule has 1 N–H and O–H groups in total. The highest BCUT2D eigenvalue weighted by Crippen LogP contribution is 2.43. The Kier molecular flexibility index (Phi) is 5.72. The molecule has 0 bridgehead atoms. The fraction of sp³-hybridized carbons (Fsp3) is 0.538. The number of piperidine rings is 1. The summed E-state index contributed by atoms with van der Waals surface area (Å²) in [4.78, 5) is 5.33. The third kappa shape index (κ3) is 4.22. The van der Waals surface area contributed by atoms with Crippen molar-refractivity contribution in [3.8, 4) is 5.75 Å². The van der Waals surface area contributed by atoms with E-state index in [4.69, 9.17) is 0 Å². The van der Waals surface area contributed by atoms with Crippen LogP contribution in [0, 0.1) is 5.92 Å². The number of phenolic OH excluding ortho intramolecular Hbond substituents is 1. The summed E-state index contributed by atoms with van der Waals surface area (Å²) < 4.78 is 0. The maximum absolute atomic E-state index is 10.0. The fourth-order valence-corrected chi connectivity index (χ4v) is 5.31. The third-order valence-corrected chi connectivity index (χ3v) is 7.50. The van der Waals surface area contributed by atoms with Crippen LogP contribution >= 0.6 is 0 Å². The quantitative estimate of drug-likeness (QED) is 0.793. The van der Waals surface area contributed by atoms with Crippen molar-refractivity contribution in [1.29, 1.82) is 0 Å². The lowest BCUT2D eigenvalue weighted by molar-refractivity contribution is -0.00557. The second kappa shape index (κ2) is 8.12. The van der Waals surface area contributed by atoms with Crippen molar-refractivity contribution in [3.05, 3.63) is 65.2 Å². The van der Waals surface area contributed by atoms with Crippen LogP contribution in [0.15, 0.2) is 48.5 Å². The predicted octanol–water partition coefficient (Wildman–Crippen LogP) is 5.00. The number of fused-ring (bicyclic) bond motifs is 1. The van der Waals surface area contributed by atoms with Gasteiger partial charge >= 0.3 is 0 Å². The van der Waals surface area contributed by atoms with Gasteiger partial charge in [0.15, 0.2) is 0 Å². The van der Waals surface area contributed by atoms with Gasteiger partial charge in [0.05, 0.1) is 0 Å². The molecule has 2 saturated heterocycles. The zero-order valence-corrected chi connectivity index (χ0v) is 18.4. The lowest BCUT2D eigenvalue weighted by Crippen LogP contribution is -2.60. The first-order chi connectivity index (χ1) is 13.8. The summed E-state index contributed by atoms with van der Waals surface area (Å²) in [7, 11) is 0. The molecule has 156 valence electrons. The van der Waals surface area contributed by atoms with Crippen LogP contribution in [-0.2, 0) is 12.0 Å². The summed E-state index contributed by atoms with van der Waals surface area (Å²) in [6.45, 7) is 14.9. The maximum Gasteiger partial charge on any atom is 0.115 e. The monoisotopic (exact) mass is 392 g/mol. The Bertz CT molecular complexity index is 831. The Morgan fingerprint density at radius 2 is 1.83 bits per heavy atom. The van der Waals surface area contributed by atoms with Crippen molar-refractivity contribution >= 4 is 0 Å². The van der Waals surface area contributed by atoms with E-state index >= 15 is 0 Å². The minimum atomic E-state index is 0.113. The van der Waals surface area contributed by atoms with E-state index in [0.29, 0.717) is 23.6 Å². The third-order valence-electron chi connectivity index (χ3n) is 7.50. The van der Waals surface area contributed by atoms with Crippen LogP contribution < -0.4 is 0 Å². The van der Waals surface area contributed by atoms with Crippen molar-refractivity contribution in [2.75, 3.05) is 26.2 Å². The van der Waals surface area contributed by atoms with Gasteiger partial charge in [-0.15, -0.1) is 0 Å². The molecule has 3 atom stereocenters. The van der Waals surface area contributed by atoms with E-state index in [1.54, 1.807) is 6.07 Å². The SMILES string of the molecule is CC(C)c1ccc(CN2CCN3C[C@H](C)C(C)(c4cccc(O)c4)C[C@@H]3C2)cc1. The van der Waals surface area contributed by atoms with Gasteiger partial charge in [-0.3, -0.25) is 9.80 Å².